The van der Waals surface area contributed by atoms with Gasteiger partial charge in [-0.25, -0.2) is 4.79 Å². The smallest absolute Gasteiger partial charge is 0.317 e. The molecule has 1 N–H and O–H groups in total. The third-order valence-corrected chi connectivity index (χ3v) is 5.92. The van der Waals surface area contributed by atoms with Crippen LogP contribution in [0.4, 0.5) is 4.79 Å². The van der Waals surface area contributed by atoms with Crippen molar-refractivity contribution in [2.45, 2.75) is 38.6 Å². The van der Waals surface area contributed by atoms with Crippen LogP contribution in [0.2, 0.25) is 0 Å². The van der Waals surface area contributed by atoms with Crippen molar-refractivity contribution in [3.8, 4) is 0 Å². The Bertz CT molecular complexity index is 627. The zero-order valence-electron chi connectivity index (χ0n) is 16.3. The first-order valence-electron chi connectivity index (χ1n) is 9.95. The molecule has 3 amide bonds. The number of urea groups is 1. The lowest BCUT2D eigenvalue weighted by Gasteiger charge is -2.47. The van der Waals surface area contributed by atoms with Gasteiger partial charge in [0.1, 0.15) is 0 Å². The Morgan fingerprint density at radius 2 is 1.93 bits per heavy atom. The Labute approximate surface area is 161 Å². The molecule has 2 aliphatic heterocycles. The molecule has 1 aromatic rings. The summed E-state index contributed by atoms with van der Waals surface area (Å²) in [5.41, 5.74) is 1.29. The molecule has 0 unspecified atom stereocenters. The summed E-state index contributed by atoms with van der Waals surface area (Å²) in [7, 11) is 1.69. The topological polar surface area (TPSA) is 61.9 Å². The summed E-state index contributed by atoms with van der Waals surface area (Å²) in [6, 6.07) is 9.98. The zero-order valence-corrected chi connectivity index (χ0v) is 16.3. The quantitative estimate of drug-likeness (QED) is 0.780. The highest BCUT2D eigenvalue weighted by molar-refractivity contribution is 5.77. The first-order valence-corrected chi connectivity index (χ1v) is 9.95. The maximum absolute atomic E-state index is 12.5. The standard InChI is InChI=1S/C21H31N3O3/c1-27-15-5-12-24-17-21(9-8-19(24)25)10-13-23(14-11-21)20(26)22-16-18-6-3-2-4-7-18/h2-4,6-7H,5,8-17H2,1H3,(H,22,26). The zero-order chi connectivity index (χ0) is 19.1. The summed E-state index contributed by atoms with van der Waals surface area (Å²) in [5.74, 6) is 0.264. The average molecular weight is 373 g/mol. The summed E-state index contributed by atoms with van der Waals surface area (Å²) in [6.07, 6.45) is 4.41. The van der Waals surface area contributed by atoms with Gasteiger partial charge in [0.05, 0.1) is 0 Å². The van der Waals surface area contributed by atoms with Gasteiger partial charge in [-0.1, -0.05) is 30.3 Å². The van der Waals surface area contributed by atoms with Gasteiger partial charge in [-0.05, 0) is 36.7 Å². The van der Waals surface area contributed by atoms with Crippen molar-refractivity contribution in [3.05, 3.63) is 35.9 Å². The number of amides is 3. The van der Waals surface area contributed by atoms with Gasteiger partial charge in [0.25, 0.3) is 0 Å². The normalized spacial score (nSPS) is 19.4. The lowest BCUT2D eigenvalue weighted by atomic mass is 9.72. The van der Waals surface area contributed by atoms with Gasteiger partial charge < -0.3 is 19.9 Å². The number of hydrogen-bond donors (Lipinski definition) is 1. The molecule has 148 valence electrons. The molecule has 2 heterocycles. The Balaban J connectivity index is 1.47. The van der Waals surface area contributed by atoms with E-state index in [1.807, 2.05) is 40.1 Å². The number of carbonyl (C=O) groups is 2. The average Bonchev–Trinajstić information content (AvgIpc) is 2.70. The number of nitrogens with zero attached hydrogens (tertiary/aromatic N) is 2. The Hall–Kier alpha value is -2.08. The molecule has 0 aromatic heterocycles. The number of likely N-dealkylation sites (tertiary alicyclic amines) is 2. The van der Waals surface area contributed by atoms with Gasteiger partial charge >= 0.3 is 6.03 Å². The Kier molecular flexibility index (Phi) is 6.72. The van der Waals surface area contributed by atoms with E-state index in [9.17, 15) is 9.59 Å². The van der Waals surface area contributed by atoms with Crippen molar-refractivity contribution in [2.24, 2.45) is 5.41 Å². The van der Waals surface area contributed by atoms with Gasteiger partial charge in [0.15, 0.2) is 0 Å². The summed E-state index contributed by atoms with van der Waals surface area (Å²) in [6.45, 7) is 4.38. The number of nitrogens with one attached hydrogen (secondary N) is 1. The molecule has 1 spiro atoms. The largest absolute Gasteiger partial charge is 0.385 e. The number of rotatable bonds is 6. The fourth-order valence-corrected chi connectivity index (χ4v) is 4.18. The van der Waals surface area contributed by atoms with Crippen molar-refractivity contribution in [3.63, 3.8) is 0 Å². The van der Waals surface area contributed by atoms with Crippen LogP contribution in [0.3, 0.4) is 0 Å². The van der Waals surface area contributed by atoms with Crippen LogP contribution in [0, 0.1) is 5.41 Å². The molecule has 0 atom stereocenters. The van der Waals surface area contributed by atoms with E-state index >= 15 is 0 Å². The molecular weight excluding hydrogens is 342 g/mol. The predicted octanol–water partition coefficient (Wildman–Crippen LogP) is 2.64. The molecule has 2 fully saturated rings. The van der Waals surface area contributed by atoms with Crippen LogP contribution in [-0.4, -0.2) is 61.6 Å². The van der Waals surface area contributed by atoms with E-state index in [-0.39, 0.29) is 17.4 Å². The van der Waals surface area contributed by atoms with Crippen LogP contribution in [-0.2, 0) is 16.1 Å². The number of methoxy groups -OCH3 is 1. The van der Waals surface area contributed by atoms with Crippen LogP contribution in [0.1, 0.15) is 37.7 Å². The van der Waals surface area contributed by atoms with Crippen molar-refractivity contribution in [2.75, 3.05) is 39.9 Å². The molecule has 2 aliphatic rings. The van der Waals surface area contributed by atoms with E-state index in [4.69, 9.17) is 4.74 Å². The number of ether oxygens (including phenoxy) is 1. The minimum atomic E-state index is 0.0116. The van der Waals surface area contributed by atoms with E-state index in [2.05, 4.69) is 5.32 Å². The third-order valence-electron chi connectivity index (χ3n) is 5.92. The number of hydrogen-bond acceptors (Lipinski definition) is 3. The molecule has 0 aliphatic carbocycles. The van der Waals surface area contributed by atoms with Crippen molar-refractivity contribution < 1.29 is 14.3 Å². The van der Waals surface area contributed by atoms with Crippen molar-refractivity contribution in [1.29, 1.82) is 0 Å². The fraction of sp³-hybridized carbons (Fsp3) is 0.619. The van der Waals surface area contributed by atoms with E-state index in [1.165, 1.54) is 0 Å². The summed E-state index contributed by atoms with van der Waals surface area (Å²) < 4.78 is 5.11. The van der Waals surface area contributed by atoms with E-state index < -0.39 is 0 Å². The minimum Gasteiger partial charge on any atom is -0.385 e. The molecule has 3 rings (SSSR count). The molecule has 6 heteroatoms. The third kappa shape index (κ3) is 5.22. The highest BCUT2D eigenvalue weighted by Crippen LogP contribution is 2.40. The van der Waals surface area contributed by atoms with Gasteiger partial charge in [-0.15, -0.1) is 0 Å². The van der Waals surface area contributed by atoms with Crippen molar-refractivity contribution in [1.82, 2.24) is 15.1 Å². The summed E-state index contributed by atoms with van der Waals surface area (Å²) >= 11 is 0. The van der Waals surface area contributed by atoms with Crippen molar-refractivity contribution >= 4 is 11.9 Å². The van der Waals surface area contributed by atoms with Crippen LogP contribution in [0.5, 0.6) is 0 Å². The second-order valence-corrected chi connectivity index (χ2v) is 7.79. The molecule has 0 saturated carbocycles. The molecule has 0 radical (unpaired) electrons. The highest BCUT2D eigenvalue weighted by atomic mass is 16.5. The van der Waals surface area contributed by atoms with E-state index in [0.717, 1.165) is 57.4 Å². The Morgan fingerprint density at radius 3 is 2.63 bits per heavy atom. The molecule has 27 heavy (non-hydrogen) atoms. The van der Waals surface area contributed by atoms with Gasteiger partial charge in [-0.2, -0.15) is 0 Å². The number of piperidine rings is 2. The monoisotopic (exact) mass is 373 g/mol. The highest BCUT2D eigenvalue weighted by Gasteiger charge is 2.41. The Morgan fingerprint density at radius 1 is 1.19 bits per heavy atom. The first-order chi connectivity index (χ1) is 13.1. The number of carbonyl (C=O) groups excluding carboxylic acids is 2. The molecule has 2 saturated heterocycles. The number of benzene rings is 1. The summed E-state index contributed by atoms with van der Waals surface area (Å²) in [5, 5.41) is 3.02. The van der Waals surface area contributed by atoms with Crippen LogP contribution < -0.4 is 5.32 Å². The first kappa shape index (κ1) is 19.7. The van der Waals surface area contributed by atoms with Crippen LogP contribution in [0.15, 0.2) is 30.3 Å². The maximum atomic E-state index is 12.5. The van der Waals surface area contributed by atoms with E-state index in [0.29, 0.717) is 19.6 Å². The van der Waals surface area contributed by atoms with Gasteiger partial charge in [-0.3, -0.25) is 4.79 Å². The fourth-order valence-electron chi connectivity index (χ4n) is 4.18. The minimum absolute atomic E-state index is 0.0116. The molecule has 0 bridgehead atoms. The SMILES string of the molecule is COCCCN1CC2(CCC1=O)CCN(C(=O)NCc1ccccc1)CC2. The second-order valence-electron chi connectivity index (χ2n) is 7.79. The molecular formula is C21H31N3O3. The molecule has 1 aromatic carbocycles. The molecule has 6 nitrogen and oxygen atoms in total. The maximum Gasteiger partial charge on any atom is 0.317 e. The summed E-state index contributed by atoms with van der Waals surface area (Å²) in [4.78, 5) is 28.6. The van der Waals surface area contributed by atoms with E-state index in [1.54, 1.807) is 7.11 Å². The van der Waals surface area contributed by atoms with Crippen LogP contribution >= 0.6 is 0 Å². The van der Waals surface area contributed by atoms with Gasteiger partial charge in [0, 0.05) is 52.9 Å². The lowest BCUT2D eigenvalue weighted by Crippen LogP contribution is -2.53. The second kappa shape index (κ2) is 9.22. The van der Waals surface area contributed by atoms with Gasteiger partial charge in [0.2, 0.25) is 5.91 Å². The predicted molar refractivity (Wildman–Crippen MR) is 104 cm³/mol. The van der Waals surface area contributed by atoms with Crippen LogP contribution in [0.25, 0.3) is 0 Å². The lowest BCUT2D eigenvalue weighted by molar-refractivity contribution is -0.139.